The second kappa shape index (κ2) is 8.08. The fraction of sp³-hybridized carbons (Fsp3) is 0.438. The Balaban J connectivity index is 2.81. The summed E-state index contributed by atoms with van der Waals surface area (Å²) in [5, 5.41) is 12.4. The van der Waals surface area contributed by atoms with Crippen LogP contribution in [0.4, 0.5) is 11.4 Å². The van der Waals surface area contributed by atoms with E-state index < -0.39 is 14.4 Å². The summed E-state index contributed by atoms with van der Waals surface area (Å²) in [5.41, 5.74) is 0.934. The Kier molecular flexibility index (Phi) is 6.54. The first kappa shape index (κ1) is 20.2. The van der Waals surface area contributed by atoms with Gasteiger partial charge in [0.05, 0.1) is 31.4 Å². The number of fused-ring (bicyclic) bond motifs is 1. The summed E-state index contributed by atoms with van der Waals surface area (Å²) in [5.74, 6) is 2.92. The Labute approximate surface area is 165 Å². The zero-order chi connectivity index (χ0) is 18.8. The van der Waals surface area contributed by atoms with Crippen LogP contribution < -0.4 is 4.90 Å². The van der Waals surface area contributed by atoms with Gasteiger partial charge in [0.1, 0.15) is 0 Å². The molecule has 136 valence electrons. The first-order valence-corrected chi connectivity index (χ1v) is 11.5. The fourth-order valence-electron chi connectivity index (χ4n) is 2.79. The van der Waals surface area contributed by atoms with Crippen LogP contribution in [0.2, 0.25) is 0 Å². The Morgan fingerprint density at radius 3 is 2.56 bits per heavy atom. The minimum Gasteiger partial charge on any atom is -0.334 e. The average molecular weight is 493 g/mol. The van der Waals surface area contributed by atoms with Gasteiger partial charge in [-0.3, -0.25) is 14.3 Å². The standard InChI is InChI=1S/C16H19Br2N3O3S/c1-4-12-9-13(21(22)23)10-14-16(12)20(6-5-17)15(11-18)25(14,24)8-7-19(2)3/h1,9-10H,5-8,11H2,2-3H3. The van der Waals surface area contributed by atoms with Crippen LogP contribution in [0, 0.1) is 22.5 Å². The van der Waals surface area contributed by atoms with E-state index >= 15 is 0 Å². The molecule has 0 aliphatic carbocycles. The van der Waals surface area contributed by atoms with E-state index in [1.165, 1.54) is 12.1 Å². The quantitative estimate of drug-likeness (QED) is 0.192. The summed E-state index contributed by atoms with van der Waals surface area (Å²) < 4.78 is 14.0. The molecule has 1 heterocycles. The fourth-order valence-corrected chi connectivity index (χ4v) is 7.45. The second-order valence-corrected chi connectivity index (χ2v) is 9.82. The highest BCUT2D eigenvalue weighted by Gasteiger charge is 2.37. The van der Waals surface area contributed by atoms with Crippen molar-refractivity contribution in [3.05, 3.63) is 27.8 Å². The Morgan fingerprint density at radius 1 is 1.40 bits per heavy atom. The van der Waals surface area contributed by atoms with E-state index in [-0.39, 0.29) is 5.69 Å². The molecule has 1 aliphatic heterocycles. The average Bonchev–Trinajstić information content (AvgIpc) is 2.81. The molecule has 9 heteroatoms. The van der Waals surface area contributed by atoms with Crippen molar-refractivity contribution in [2.75, 3.05) is 48.5 Å². The van der Waals surface area contributed by atoms with E-state index in [2.05, 4.69) is 37.8 Å². The zero-order valence-electron chi connectivity index (χ0n) is 14.0. The second-order valence-electron chi connectivity index (χ2n) is 5.79. The maximum atomic E-state index is 14.0. The number of rotatable bonds is 7. The molecule has 1 aliphatic rings. The van der Waals surface area contributed by atoms with Gasteiger partial charge < -0.3 is 9.80 Å². The number of hydrogen-bond donors (Lipinski definition) is 0. The van der Waals surface area contributed by atoms with Crippen LogP contribution in [0.1, 0.15) is 5.56 Å². The normalized spacial score (nSPS) is 19.2. The van der Waals surface area contributed by atoms with Crippen LogP contribution in [0.3, 0.4) is 0 Å². The highest BCUT2D eigenvalue weighted by Crippen LogP contribution is 2.40. The largest absolute Gasteiger partial charge is 0.334 e. The highest BCUT2D eigenvalue weighted by atomic mass is 79.9. The molecule has 0 saturated heterocycles. The van der Waals surface area contributed by atoms with Gasteiger partial charge in [-0.15, -0.1) is 6.42 Å². The van der Waals surface area contributed by atoms with Crippen molar-refractivity contribution in [3.63, 3.8) is 0 Å². The van der Waals surface area contributed by atoms with E-state index in [0.717, 1.165) is 4.99 Å². The first-order chi connectivity index (χ1) is 11.8. The molecule has 1 unspecified atom stereocenters. The van der Waals surface area contributed by atoms with Crippen LogP contribution in [0.5, 0.6) is 0 Å². The van der Waals surface area contributed by atoms with Gasteiger partial charge in [0, 0.05) is 45.8 Å². The van der Waals surface area contributed by atoms with E-state index in [1.807, 2.05) is 23.9 Å². The molecule has 0 spiro atoms. The van der Waals surface area contributed by atoms with Gasteiger partial charge in [0.2, 0.25) is 0 Å². The number of terminal acetylenes is 1. The minimum absolute atomic E-state index is 0.126. The molecule has 1 aromatic carbocycles. The zero-order valence-corrected chi connectivity index (χ0v) is 18.0. The summed E-state index contributed by atoms with van der Waals surface area (Å²) >= 11 is 6.87. The van der Waals surface area contributed by atoms with Crippen LogP contribution in [0.15, 0.2) is 17.0 Å². The van der Waals surface area contributed by atoms with Gasteiger partial charge in [0.15, 0.2) is 0 Å². The molecule has 0 amide bonds. The van der Waals surface area contributed by atoms with E-state index in [0.29, 0.717) is 45.6 Å². The van der Waals surface area contributed by atoms with Gasteiger partial charge in [-0.2, -0.15) is 0 Å². The summed E-state index contributed by atoms with van der Waals surface area (Å²) in [6.45, 7) is 1.18. The third-order valence-corrected chi connectivity index (χ3v) is 8.14. The van der Waals surface area contributed by atoms with E-state index in [9.17, 15) is 14.3 Å². The number of nitro groups is 1. The molecule has 0 saturated carbocycles. The maximum Gasteiger partial charge on any atom is 0.272 e. The SMILES string of the molecule is C#Cc1cc([N+](=O)[O-])cc2c1N(CCBr)C(CBr)=S2(=O)CCN(C)C. The van der Waals surface area contributed by atoms with Crippen molar-refractivity contribution in [3.8, 4) is 12.3 Å². The summed E-state index contributed by atoms with van der Waals surface area (Å²) in [6, 6.07) is 2.80. The van der Waals surface area contributed by atoms with Gasteiger partial charge in [-0.25, -0.2) is 0 Å². The van der Waals surface area contributed by atoms with Crippen molar-refractivity contribution in [1.82, 2.24) is 4.90 Å². The Bertz CT molecular complexity index is 855. The molecule has 1 atom stereocenters. The molecule has 25 heavy (non-hydrogen) atoms. The molecule has 0 radical (unpaired) electrons. The van der Waals surface area contributed by atoms with Crippen molar-refractivity contribution >= 4 is 57.7 Å². The minimum atomic E-state index is -2.63. The molecular formula is C16H19Br2N3O3S. The van der Waals surface area contributed by atoms with Crippen LogP contribution in [-0.4, -0.2) is 62.6 Å². The molecule has 0 bridgehead atoms. The molecular weight excluding hydrogens is 474 g/mol. The summed E-state index contributed by atoms with van der Waals surface area (Å²) in [4.78, 5) is 15.9. The van der Waals surface area contributed by atoms with Gasteiger partial charge in [-0.1, -0.05) is 37.8 Å². The Hall–Kier alpha value is -1.08. The topological polar surface area (TPSA) is 66.7 Å². The molecule has 1 aromatic rings. The first-order valence-electron chi connectivity index (χ1n) is 7.51. The lowest BCUT2D eigenvalue weighted by Gasteiger charge is -2.22. The number of halogens is 2. The summed E-state index contributed by atoms with van der Waals surface area (Å²) in [7, 11) is 1.19. The number of nitro benzene ring substituents is 1. The lowest BCUT2D eigenvalue weighted by molar-refractivity contribution is -0.385. The number of benzene rings is 1. The predicted octanol–water partition coefficient (Wildman–Crippen LogP) is 2.52. The van der Waals surface area contributed by atoms with Gasteiger partial charge in [-0.05, 0) is 14.1 Å². The smallest absolute Gasteiger partial charge is 0.272 e. The summed E-state index contributed by atoms with van der Waals surface area (Å²) in [6.07, 6.45) is 5.61. The van der Waals surface area contributed by atoms with Crippen molar-refractivity contribution in [2.45, 2.75) is 4.90 Å². The maximum absolute atomic E-state index is 14.0. The number of non-ortho nitro benzene ring substituents is 1. The molecule has 6 nitrogen and oxygen atoms in total. The van der Waals surface area contributed by atoms with Gasteiger partial charge >= 0.3 is 0 Å². The lowest BCUT2D eigenvalue weighted by Crippen LogP contribution is -2.35. The number of anilines is 1. The van der Waals surface area contributed by atoms with Crippen molar-refractivity contribution < 1.29 is 9.13 Å². The van der Waals surface area contributed by atoms with E-state index in [4.69, 9.17) is 6.42 Å². The van der Waals surface area contributed by atoms with Crippen molar-refractivity contribution in [1.29, 1.82) is 0 Å². The van der Waals surface area contributed by atoms with Crippen LogP contribution in [0.25, 0.3) is 0 Å². The molecule has 0 N–H and O–H groups in total. The highest BCUT2D eigenvalue weighted by molar-refractivity contribution is 9.09. The number of nitrogens with zero attached hydrogens (tertiary/aromatic N) is 3. The number of alkyl halides is 2. The van der Waals surface area contributed by atoms with Crippen LogP contribution in [-0.2, 0) is 9.52 Å². The third-order valence-electron chi connectivity index (χ3n) is 3.98. The molecule has 0 fully saturated rings. The third kappa shape index (κ3) is 3.72. The predicted molar refractivity (Wildman–Crippen MR) is 111 cm³/mol. The lowest BCUT2D eigenvalue weighted by atomic mass is 10.1. The monoisotopic (exact) mass is 491 g/mol. The van der Waals surface area contributed by atoms with Crippen molar-refractivity contribution in [2.24, 2.45) is 0 Å². The molecule has 0 aromatic heterocycles. The Morgan fingerprint density at radius 2 is 2.08 bits per heavy atom. The van der Waals surface area contributed by atoms with Crippen LogP contribution >= 0.6 is 31.9 Å². The van der Waals surface area contributed by atoms with E-state index in [1.54, 1.807) is 0 Å². The molecule has 2 rings (SSSR count). The number of hydrogen-bond acceptors (Lipinski definition) is 5. The van der Waals surface area contributed by atoms with Gasteiger partial charge in [0.25, 0.3) is 5.69 Å².